The quantitative estimate of drug-likeness (QED) is 0.818. The van der Waals surface area contributed by atoms with Crippen LogP contribution >= 0.6 is 0 Å². The molecule has 0 bridgehead atoms. The fraction of sp³-hybridized carbons (Fsp3) is 0.500. The number of benzene rings is 1. The molecule has 2 N–H and O–H groups in total. The number of nitriles is 1. The van der Waals surface area contributed by atoms with Gasteiger partial charge < -0.3 is 10.6 Å². The molecule has 1 aromatic carbocycles. The van der Waals surface area contributed by atoms with Gasteiger partial charge in [0, 0.05) is 11.7 Å². The lowest BCUT2D eigenvalue weighted by atomic mass is 10.1. The highest BCUT2D eigenvalue weighted by Crippen LogP contribution is 2.18. The van der Waals surface area contributed by atoms with Crippen molar-refractivity contribution in [2.75, 3.05) is 18.4 Å². The van der Waals surface area contributed by atoms with Crippen LogP contribution in [0, 0.1) is 18.3 Å². The normalized spacial score (nSPS) is 20.4. The van der Waals surface area contributed by atoms with Crippen molar-refractivity contribution in [2.24, 2.45) is 0 Å². The molecule has 1 aliphatic heterocycles. The smallest absolute Gasteiger partial charge is 0.0994 e. The van der Waals surface area contributed by atoms with Crippen LogP contribution in [0.5, 0.6) is 0 Å². The Kier molecular flexibility index (Phi) is 4.00. The maximum atomic E-state index is 8.89. The van der Waals surface area contributed by atoms with Gasteiger partial charge in [0.25, 0.3) is 0 Å². The predicted octanol–water partition coefficient (Wildman–Crippen LogP) is 2.42. The zero-order valence-electron chi connectivity index (χ0n) is 10.3. The lowest BCUT2D eigenvalue weighted by Gasteiger charge is -2.17. The molecular formula is C14H19N3. The Bertz CT molecular complexity index is 412. The molecule has 2 rings (SSSR count). The van der Waals surface area contributed by atoms with E-state index in [1.165, 1.54) is 19.3 Å². The van der Waals surface area contributed by atoms with Gasteiger partial charge in [-0.25, -0.2) is 0 Å². The van der Waals surface area contributed by atoms with Gasteiger partial charge in [0.2, 0.25) is 0 Å². The minimum absolute atomic E-state index is 0.553. The molecular weight excluding hydrogens is 210 g/mol. The molecule has 17 heavy (non-hydrogen) atoms. The maximum absolute atomic E-state index is 8.89. The molecule has 1 aromatic rings. The van der Waals surface area contributed by atoms with Gasteiger partial charge >= 0.3 is 0 Å². The molecule has 0 spiro atoms. The van der Waals surface area contributed by atoms with E-state index in [4.69, 9.17) is 5.26 Å². The van der Waals surface area contributed by atoms with Gasteiger partial charge in [-0.05, 0) is 63.0 Å². The van der Waals surface area contributed by atoms with Gasteiger partial charge in [0.1, 0.15) is 0 Å². The Hall–Kier alpha value is -1.53. The van der Waals surface area contributed by atoms with Gasteiger partial charge in [-0.2, -0.15) is 5.26 Å². The molecule has 0 aliphatic carbocycles. The molecule has 1 heterocycles. The van der Waals surface area contributed by atoms with E-state index in [1.54, 1.807) is 0 Å². The van der Waals surface area contributed by atoms with Crippen LogP contribution in [0.2, 0.25) is 0 Å². The highest BCUT2D eigenvalue weighted by molar-refractivity contribution is 5.52. The summed E-state index contributed by atoms with van der Waals surface area (Å²) in [5.41, 5.74) is 2.94. The first-order valence-electron chi connectivity index (χ1n) is 6.27. The van der Waals surface area contributed by atoms with Crippen molar-refractivity contribution in [1.82, 2.24) is 5.32 Å². The first-order chi connectivity index (χ1) is 8.29. The van der Waals surface area contributed by atoms with Crippen molar-refractivity contribution in [2.45, 2.75) is 32.2 Å². The van der Waals surface area contributed by atoms with Crippen LogP contribution in [0.3, 0.4) is 0 Å². The maximum Gasteiger partial charge on any atom is 0.0994 e. The number of hydrogen-bond acceptors (Lipinski definition) is 3. The van der Waals surface area contributed by atoms with Crippen LogP contribution in [0.4, 0.5) is 5.69 Å². The third kappa shape index (κ3) is 3.21. The highest BCUT2D eigenvalue weighted by Gasteiger charge is 2.11. The topological polar surface area (TPSA) is 47.8 Å². The number of nitrogens with zero attached hydrogens (tertiary/aromatic N) is 1. The van der Waals surface area contributed by atoms with E-state index in [2.05, 4.69) is 22.8 Å². The largest absolute Gasteiger partial charge is 0.382 e. The van der Waals surface area contributed by atoms with Gasteiger partial charge in [-0.3, -0.25) is 0 Å². The Labute approximate surface area is 103 Å². The molecule has 0 saturated carbocycles. The van der Waals surface area contributed by atoms with Crippen molar-refractivity contribution in [1.29, 1.82) is 5.26 Å². The number of anilines is 1. The zero-order chi connectivity index (χ0) is 12.1. The van der Waals surface area contributed by atoms with E-state index in [0.29, 0.717) is 6.04 Å². The summed E-state index contributed by atoms with van der Waals surface area (Å²) in [5, 5.41) is 15.9. The third-order valence-corrected chi connectivity index (χ3v) is 3.29. The molecule has 1 saturated heterocycles. The predicted molar refractivity (Wildman–Crippen MR) is 70.0 cm³/mol. The second-order valence-electron chi connectivity index (χ2n) is 4.66. The van der Waals surface area contributed by atoms with E-state index in [-0.39, 0.29) is 0 Å². The lowest BCUT2D eigenvalue weighted by molar-refractivity contribution is 0.637. The average molecular weight is 229 g/mol. The molecule has 1 fully saturated rings. The second kappa shape index (κ2) is 5.70. The van der Waals surface area contributed by atoms with Gasteiger partial charge in [0.15, 0.2) is 0 Å². The number of aryl methyl sites for hydroxylation is 1. The number of rotatable bonds is 2. The SMILES string of the molecule is Cc1cc(NC2CCCNCC2)ccc1C#N. The van der Waals surface area contributed by atoms with E-state index < -0.39 is 0 Å². The molecule has 1 aliphatic rings. The number of hydrogen-bond donors (Lipinski definition) is 2. The fourth-order valence-electron chi connectivity index (χ4n) is 2.28. The molecule has 3 nitrogen and oxygen atoms in total. The molecule has 3 heteroatoms. The standard InChI is InChI=1S/C14H19N3/c1-11-9-14(5-4-12(11)10-15)17-13-3-2-7-16-8-6-13/h4-5,9,13,16-17H,2-3,6-8H2,1H3. The minimum Gasteiger partial charge on any atom is -0.382 e. The second-order valence-corrected chi connectivity index (χ2v) is 4.66. The Morgan fingerprint density at radius 1 is 1.35 bits per heavy atom. The number of nitrogens with one attached hydrogen (secondary N) is 2. The molecule has 1 unspecified atom stereocenters. The van der Waals surface area contributed by atoms with Crippen molar-refractivity contribution in [3.05, 3.63) is 29.3 Å². The van der Waals surface area contributed by atoms with Crippen LogP contribution in [-0.4, -0.2) is 19.1 Å². The van der Waals surface area contributed by atoms with E-state index in [0.717, 1.165) is 29.9 Å². The fourth-order valence-corrected chi connectivity index (χ4v) is 2.28. The lowest BCUT2D eigenvalue weighted by Crippen LogP contribution is -2.21. The van der Waals surface area contributed by atoms with Gasteiger partial charge in [-0.1, -0.05) is 0 Å². The van der Waals surface area contributed by atoms with Crippen molar-refractivity contribution < 1.29 is 0 Å². The molecule has 0 radical (unpaired) electrons. The summed E-state index contributed by atoms with van der Waals surface area (Å²) in [5.74, 6) is 0. The highest BCUT2D eigenvalue weighted by atomic mass is 14.9. The minimum atomic E-state index is 0.553. The monoisotopic (exact) mass is 229 g/mol. The Balaban J connectivity index is 2.03. The molecule has 90 valence electrons. The Morgan fingerprint density at radius 3 is 3.00 bits per heavy atom. The summed E-state index contributed by atoms with van der Waals surface area (Å²) in [6, 6.07) is 8.72. The average Bonchev–Trinajstić information content (AvgIpc) is 2.58. The molecule has 0 aromatic heterocycles. The molecule has 1 atom stereocenters. The first-order valence-corrected chi connectivity index (χ1v) is 6.27. The summed E-state index contributed by atoms with van der Waals surface area (Å²) in [6.45, 7) is 4.20. The summed E-state index contributed by atoms with van der Waals surface area (Å²) in [7, 11) is 0. The van der Waals surface area contributed by atoms with Crippen LogP contribution in [0.15, 0.2) is 18.2 Å². The summed E-state index contributed by atoms with van der Waals surface area (Å²) < 4.78 is 0. The Morgan fingerprint density at radius 2 is 2.24 bits per heavy atom. The van der Waals surface area contributed by atoms with Crippen molar-refractivity contribution >= 4 is 5.69 Å². The van der Waals surface area contributed by atoms with Crippen LogP contribution < -0.4 is 10.6 Å². The van der Waals surface area contributed by atoms with Crippen LogP contribution in [-0.2, 0) is 0 Å². The van der Waals surface area contributed by atoms with Gasteiger partial charge in [0.05, 0.1) is 11.6 Å². The summed E-state index contributed by atoms with van der Waals surface area (Å²) in [6.07, 6.45) is 3.61. The van der Waals surface area contributed by atoms with Crippen LogP contribution in [0.1, 0.15) is 30.4 Å². The van der Waals surface area contributed by atoms with E-state index in [9.17, 15) is 0 Å². The first kappa shape index (κ1) is 11.9. The van der Waals surface area contributed by atoms with Crippen LogP contribution in [0.25, 0.3) is 0 Å². The van der Waals surface area contributed by atoms with Gasteiger partial charge in [-0.15, -0.1) is 0 Å². The van der Waals surface area contributed by atoms with Crippen molar-refractivity contribution in [3.8, 4) is 6.07 Å². The van der Waals surface area contributed by atoms with E-state index in [1.807, 2.05) is 19.1 Å². The summed E-state index contributed by atoms with van der Waals surface area (Å²) in [4.78, 5) is 0. The summed E-state index contributed by atoms with van der Waals surface area (Å²) >= 11 is 0. The molecule has 0 amide bonds. The van der Waals surface area contributed by atoms with Crippen molar-refractivity contribution in [3.63, 3.8) is 0 Å². The zero-order valence-corrected chi connectivity index (χ0v) is 10.3. The van der Waals surface area contributed by atoms with E-state index >= 15 is 0 Å². The third-order valence-electron chi connectivity index (χ3n) is 3.29.